The molecule has 2 aromatic carbocycles. The van der Waals surface area contributed by atoms with Crippen molar-refractivity contribution >= 4 is 34.4 Å². The molecule has 0 bridgehead atoms. The summed E-state index contributed by atoms with van der Waals surface area (Å²) in [5, 5.41) is 0.411. The fraction of sp³-hybridized carbons (Fsp3) is 0.0588. The quantitative estimate of drug-likeness (QED) is 0.696. The normalized spacial score (nSPS) is 10.4. The van der Waals surface area contributed by atoms with Crippen LogP contribution in [0.2, 0.25) is 5.02 Å². The summed E-state index contributed by atoms with van der Waals surface area (Å²) in [4.78, 5) is 40.1. The first-order valence-corrected chi connectivity index (χ1v) is 7.72. The summed E-state index contributed by atoms with van der Waals surface area (Å²) >= 11 is 5.82. The number of rotatable bonds is 3. The summed E-state index contributed by atoms with van der Waals surface area (Å²) < 4.78 is 1.28. The first-order chi connectivity index (χ1) is 12.0. The summed E-state index contributed by atoms with van der Waals surface area (Å²) in [5.74, 6) is -1.06. The highest BCUT2D eigenvalue weighted by atomic mass is 35.5. The first kappa shape index (κ1) is 16.7. The van der Waals surface area contributed by atoms with Gasteiger partial charge in [0, 0.05) is 10.6 Å². The molecule has 0 saturated carbocycles. The SMILES string of the molecule is O=C(Cn1c(=O)cnc2ccccc21)NNC(=O)c1cccc(Cl)c1. The van der Waals surface area contributed by atoms with E-state index in [-0.39, 0.29) is 6.54 Å². The number of carbonyl (C=O) groups excluding carboxylic acids is 2. The van der Waals surface area contributed by atoms with E-state index in [1.54, 1.807) is 42.5 Å². The Morgan fingerprint density at radius 3 is 2.68 bits per heavy atom. The number of fused-ring (bicyclic) bond motifs is 1. The molecule has 0 fully saturated rings. The van der Waals surface area contributed by atoms with E-state index in [2.05, 4.69) is 15.8 Å². The lowest BCUT2D eigenvalue weighted by molar-refractivity contribution is -0.122. The second kappa shape index (κ2) is 7.14. The number of hydrogen-bond donors (Lipinski definition) is 2. The van der Waals surface area contributed by atoms with Crippen molar-refractivity contribution in [2.75, 3.05) is 0 Å². The second-order valence-corrected chi connectivity index (χ2v) is 5.62. The third-order valence-corrected chi connectivity index (χ3v) is 3.69. The van der Waals surface area contributed by atoms with Crippen LogP contribution in [0.5, 0.6) is 0 Å². The summed E-state index contributed by atoms with van der Waals surface area (Å²) in [7, 11) is 0. The number of hydrazine groups is 1. The number of amides is 2. The minimum absolute atomic E-state index is 0.252. The van der Waals surface area contributed by atoms with Crippen LogP contribution >= 0.6 is 11.6 Å². The van der Waals surface area contributed by atoms with Gasteiger partial charge < -0.3 is 0 Å². The lowest BCUT2D eigenvalue weighted by Gasteiger charge is -2.11. The molecule has 3 rings (SSSR count). The Labute approximate surface area is 147 Å². The number of carbonyl (C=O) groups is 2. The van der Waals surface area contributed by atoms with Gasteiger partial charge in [0.25, 0.3) is 17.4 Å². The highest BCUT2D eigenvalue weighted by Gasteiger charge is 2.11. The van der Waals surface area contributed by atoms with Crippen LogP contribution in [0.15, 0.2) is 59.5 Å². The smallest absolute Gasteiger partial charge is 0.269 e. The molecule has 8 heteroatoms. The maximum absolute atomic E-state index is 12.1. The zero-order valence-corrected chi connectivity index (χ0v) is 13.7. The molecule has 0 atom stereocenters. The maximum Gasteiger partial charge on any atom is 0.269 e. The van der Waals surface area contributed by atoms with Gasteiger partial charge in [-0.15, -0.1) is 0 Å². The van der Waals surface area contributed by atoms with E-state index in [9.17, 15) is 14.4 Å². The summed E-state index contributed by atoms with van der Waals surface area (Å²) in [6.45, 7) is -0.252. The largest absolute Gasteiger partial charge is 0.296 e. The van der Waals surface area contributed by atoms with Gasteiger partial charge in [0.15, 0.2) is 0 Å². The van der Waals surface area contributed by atoms with Crippen LogP contribution in [0, 0.1) is 0 Å². The molecule has 3 aromatic rings. The standard InChI is InChI=1S/C17H13ClN4O3/c18-12-5-3-4-11(8-12)17(25)21-20-15(23)10-22-14-7-2-1-6-13(14)19-9-16(22)24/h1-9H,10H2,(H,20,23)(H,21,25). The molecule has 0 unspecified atom stereocenters. The molecule has 0 radical (unpaired) electrons. The van der Waals surface area contributed by atoms with E-state index < -0.39 is 17.4 Å². The number of aromatic nitrogens is 2. The van der Waals surface area contributed by atoms with E-state index in [0.29, 0.717) is 21.6 Å². The molecular formula is C17H13ClN4O3. The predicted molar refractivity (Wildman–Crippen MR) is 93.1 cm³/mol. The highest BCUT2D eigenvalue weighted by Crippen LogP contribution is 2.10. The first-order valence-electron chi connectivity index (χ1n) is 7.34. The fourth-order valence-electron chi connectivity index (χ4n) is 2.29. The third-order valence-electron chi connectivity index (χ3n) is 3.46. The van der Waals surface area contributed by atoms with Gasteiger partial charge in [0.2, 0.25) is 0 Å². The minimum Gasteiger partial charge on any atom is -0.296 e. The second-order valence-electron chi connectivity index (χ2n) is 5.18. The molecule has 7 nitrogen and oxygen atoms in total. The lowest BCUT2D eigenvalue weighted by Crippen LogP contribution is -2.44. The Balaban J connectivity index is 1.70. The lowest BCUT2D eigenvalue weighted by atomic mass is 10.2. The van der Waals surface area contributed by atoms with Crippen molar-refractivity contribution in [2.45, 2.75) is 6.54 Å². The number of halogens is 1. The van der Waals surface area contributed by atoms with Crippen molar-refractivity contribution in [3.8, 4) is 0 Å². The Bertz CT molecular complexity index is 1020. The summed E-state index contributed by atoms with van der Waals surface area (Å²) in [6.07, 6.45) is 1.15. The van der Waals surface area contributed by atoms with E-state index >= 15 is 0 Å². The van der Waals surface area contributed by atoms with Gasteiger partial charge in [-0.2, -0.15) is 0 Å². The van der Waals surface area contributed by atoms with Crippen LogP contribution in [0.3, 0.4) is 0 Å². The van der Waals surface area contributed by atoms with Crippen molar-refractivity contribution in [2.24, 2.45) is 0 Å². The predicted octanol–water partition coefficient (Wildman–Crippen LogP) is 1.51. The van der Waals surface area contributed by atoms with Gasteiger partial charge in [0.1, 0.15) is 6.54 Å². The number of nitrogens with zero attached hydrogens (tertiary/aromatic N) is 2. The maximum atomic E-state index is 12.1. The van der Waals surface area contributed by atoms with Crippen molar-refractivity contribution in [3.63, 3.8) is 0 Å². The summed E-state index contributed by atoms with van der Waals surface area (Å²) in [5.41, 5.74) is 5.59. The van der Waals surface area contributed by atoms with Crippen LogP contribution in [-0.2, 0) is 11.3 Å². The van der Waals surface area contributed by atoms with Gasteiger partial charge in [-0.05, 0) is 30.3 Å². The average molecular weight is 357 g/mol. The van der Waals surface area contributed by atoms with Crippen LogP contribution in [0.4, 0.5) is 0 Å². The van der Waals surface area contributed by atoms with Gasteiger partial charge in [-0.3, -0.25) is 29.8 Å². The van der Waals surface area contributed by atoms with E-state index in [1.807, 2.05) is 0 Å². The Hall–Kier alpha value is -3.19. The minimum atomic E-state index is -0.547. The topological polar surface area (TPSA) is 93.1 Å². The van der Waals surface area contributed by atoms with Crippen molar-refractivity contribution in [1.29, 1.82) is 0 Å². The average Bonchev–Trinajstić information content (AvgIpc) is 2.62. The van der Waals surface area contributed by atoms with E-state index in [0.717, 1.165) is 6.20 Å². The Morgan fingerprint density at radius 1 is 1.08 bits per heavy atom. The molecule has 126 valence electrons. The van der Waals surface area contributed by atoms with Crippen LogP contribution < -0.4 is 16.4 Å². The zero-order valence-electron chi connectivity index (χ0n) is 12.9. The van der Waals surface area contributed by atoms with E-state index in [4.69, 9.17) is 11.6 Å². The number of nitrogens with one attached hydrogen (secondary N) is 2. The molecule has 0 aliphatic carbocycles. The van der Waals surface area contributed by atoms with Crippen molar-refractivity contribution < 1.29 is 9.59 Å². The molecule has 1 heterocycles. The number of para-hydroxylation sites is 2. The van der Waals surface area contributed by atoms with Crippen molar-refractivity contribution in [3.05, 3.63) is 75.7 Å². The molecule has 2 N–H and O–H groups in total. The molecule has 0 spiro atoms. The third kappa shape index (κ3) is 3.84. The van der Waals surface area contributed by atoms with Gasteiger partial charge in [-0.25, -0.2) is 4.98 Å². The van der Waals surface area contributed by atoms with Gasteiger partial charge in [0.05, 0.1) is 17.2 Å². The summed E-state index contributed by atoms with van der Waals surface area (Å²) in [6, 6.07) is 13.3. The monoisotopic (exact) mass is 356 g/mol. The molecular weight excluding hydrogens is 344 g/mol. The molecule has 25 heavy (non-hydrogen) atoms. The van der Waals surface area contributed by atoms with Gasteiger partial charge >= 0.3 is 0 Å². The van der Waals surface area contributed by atoms with Crippen LogP contribution in [0.1, 0.15) is 10.4 Å². The molecule has 0 aliphatic heterocycles. The van der Waals surface area contributed by atoms with E-state index in [1.165, 1.54) is 10.6 Å². The number of benzene rings is 2. The molecule has 0 aliphatic rings. The zero-order chi connectivity index (χ0) is 17.8. The fourth-order valence-corrected chi connectivity index (χ4v) is 2.48. The Morgan fingerprint density at radius 2 is 1.88 bits per heavy atom. The Kier molecular flexibility index (Phi) is 4.76. The highest BCUT2D eigenvalue weighted by molar-refractivity contribution is 6.30. The number of hydrogen-bond acceptors (Lipinski definition) is 4. The molecule has 0 saturated heterocycles. The van der Waals surface area contributed by atoms with Gasteiger partial charge in [-0.1, -0.05) is 29.8 Å². The van der Waals surface area contributed by atoms with Crippen molar-refractivity contribution in [1.82, 2.24) is 20.4 Å². The van der Waals surface area contributed by atoms with Crippen LogP contribution in [-0.4, -0.2) is 21.4 Å². The molecule has 1 aromatic heterocycles. The van der Waals surface area contributed by atoms with Crippen LogP contribution in [0.25, 0.3) is 11.0 Å². The molecule has 2 amide bonds.